The van der Waals surface area contributed by atoms with Gasteiger partial charge in [0.25, 0.3) is 5.91 Å². The minimum absolute atomic E-state index is 0.0357. The van der Waals surface area contributed by atoms with Crippen LogP contribution in [0.5, 0.6) is 0 Å². The lowest BCUT2D eigenvalue weighted by molar-refractivity contribution is -0.133. The molecule has 1 aliphatic heterocycles. The zero-order valence-electron chi connectivity index (χ0n) is 25.7. The maximum Gasteiger partial charge on any atom is 0.255 e. The van der Waals surface area contributed by atoms with Crippen LogP contribution in [0.4, 0.5) is 10.1 Å². The second-order valence-corrected chi connectivity index (χ2v) is 12.3. The van der Waals surface area contributed by atoms with Crippen LogP contribution in [0.25, 0.3) is 10.9 Å². The largest absolute Gasteiger partial charge is 0.382 e. The Morgan fingerprint density at radius 3 is 2.62 bits per heavy atom. The standard InChI is InChI=1S/C33H44FN5O2S/c1-7-9-24(10-8-2)39-31(41)27(37-32(39)42)17-18-30(40)38(6)23-14-12-22(13-15-23)35-28-20-29(33(4,5)34)36-26-16-11-21(3)19-25(26)28/h7,9-11,16,19-20,22-23,27H,8,12-15,17-18H2,1-6H3,(H,35,36)(H,37,42)/b9-7-,24-10+. The number of carbonyl (C=O) groups is 2. The summed E-state index contributed by atoms with van der Waals surface area (Å²) in [5, 5.41) is 8.16. The Labute approximate surface area is 254 Å². The lowest BCUT2D eigenvalue weighted by Gasteiger charge is -2.35. The van der Waals surface area contributed by atoms with Gasteiger partial charge in [0.05, 0.1) is 11.2 Å². The number of carbonyl (C=O) groups excluding carboxylic acids is 2. The Morgan fingerprint density at radius 1 is 1.26 bits per heavy atom. The molecule has 1 saturated carbocycles. The van der Waals surface area contributed by atoms with E-state index in [4.69, 9.17) is 12.2 Å². The van der Waals surface area contributed by atoms with Gasteiger partial charge in [0.2, 0.25) is 5.91 Å². The van der Waals surface area contributed by atoms with Gasteiger partial charge in [-0.1, -0.05) is 30.7 Å². The third-order valence-corrected chi connectivity index (χ3v) is 8.55. The van der Waals surface area contributed by atoms with Gasteiger partial charge < -0.3 is 15.5 Å². The number of benzene rings is 1. The molecule has 0 radical (unpaired) electrons. The number of allylic oxidation sites excluding steroid dienone is 3. The summed E-state index contributed by atoms with van der Waals surface area (Å²) in [4.78, 5) is 34.2. The fourth-order valence-corrected chi connectivity index (χ4v) is 6.16. The Morgan fingerprint density at radius 2 is 1.98 bits per heavy atom. The molecular weight excluding hydrogens is 549 g/mol. The molecule has 1 aliphatic carbocycles. The molecule has 2 amide bonds. The van der Waals surface area contributed by atoms with Crippen LogP contribution in [0.2, 0.25) is 0 Å². The summed E-state index contributed by atoms with van der Waals surface area (Å²) >= 11 is 5.44. The predicted octanol–water partition coefficient (Wildman–Crippen LogP) is 6.66. The van der Waals surface area contributed by atoms with E-state index < -0.39 is 11.7 Å². The topological polar surface area (TPSA) is 77.6 Å². The molecule has 9 heteroatoms. The number of alkyl halides is 1. The van der Waals surface area contributed by atoms with Crippen molar-refractivity contribution in [3.8, 4) is 0 Å². The number of amides is 2. The van der Waals surface area contributed by atoms with Crippen LogP contribution in [0.3, 0.4) is 0 Å². The molecule has 1 atom stereocenters. The number of pyridine rings is 1. The van der Waals surface area contributed by atoms with E-state index in [1.807, 2.05) is 69.1 Å². The van der Waals surface area contributed by atoms with E-state index in [-0.39, 0.29) is 30.3 Å². The smallest absolute Gasteiger partial charge is 0.255 e. The number of rotatable bonds is 10. The van der Waals surface area contributed by atoms with Gasteiger partial charge in [-0.3, -0.25) is 14.5 Å². The van der Waals surface area contributed by atoms with Crippen molar-refractivity contribution in [2.24, 2.45) is 0 Å². The van der Waals surface area contributed by atoms with Gasteiger partial charge in [-0.2, -0.15) is 0 Å². The zero-order valence-corrected chi connectivity index (χ0v) is 26.5. The minimum atomic E-state index is -1.54. The molecule has 4 rings (SSSR count). The number of thiocarbonyl (C=S) groups is 1. The molecule has 2 fully saturated rings. The molecule has 42 heavy (non-hydrogen) atoms. The number of aromatic nitrogens is 1. The van der Waals surface area contributed by atoms with Crippen molar-refractivity contribution in [3.05, 3.63) is 59.4 Å². The van der Waals surface area contributed by atoms with Crippen molar-refractivity contribution in [1.82, 2.24) is 20.1 Å². The fraction of sp³-hybridized carbons (Fsp3) is 0.515. The number of hydrogen-bond acceptors (Lipinski definition) is 5. The van der Waals surface area contributed by atoms with Crippen LogP contribution in [0.15, 0.2) is 48.2 Å². The molecule has 0 bridgehead atoms. The summed E-state index contributed by atoms with van der Waals surface area (Å²) in [7, 11) is 1.87. The predicted molar refractivity (Wildman–Crippen MR) is 172 cm³/mol. The van der Waals surface area contributed by atoms with Gasteiger partial charge in [-0.25, -0.2) is 9.37 Å². The fourth-order valence-electron chi connectivity index (χ4n) is 5.82. The van der Waals surface area contributed by atoms with Gasteiger partial charge >= 0.3 is 0 Å². The molecule has 1 aromatic carbocycles. The molecular formula is C33H44FN5O2S. The van der Waals surface area contributed by atoms with E-state index in [1.165, 1.54) is 18.7 Å². The molecule has 1 unspecified atom stereocenters. The molecule has 2 heterocycles. The second-order valence-electron chi connectivity index (χ2n) is 12.0. The van der Waals surface area contributed by atoms with Crippen molar-refractivity contribution < 1.29 is 14.0 Å². The molecule has 0 spiro atoms. The van der Waals surface area contributed by atoms with Crippen LogP contribution in [-0.2, 0) is 15.3 Å². The minimum Gasteiger partial charge on any atom is -0.382 e. The van der Waals surface area contributed by atoms with Crippen molar-refractivity contribution in [2.45, 2.75) is 103 Å². The number of aryl methyl sites for hydroxylation is 1. The normalized spacial score (nSPS) is 21.7. The number of anilines is 1. The molecule has 1 aromatic heterocycles. The number of nitrogens with one attached hydrogen (secondary N) is 2. The third kappa shape index (κ3) is 7.17. The summed E-state index contributed by atoms with van der Waals surface area (Å²) in [6.45, 7) is 9.03. The van der Waals surface area contributed by atoms with Crippen molar-refractivity contribution in [1.29, 1.82) is 0 Å². The summed E-state index contributed by atoms with van der Waals surface area (Å²) in [5.74, 6) is -0.0773. The maximum absolute atomic E-state index is 14.9. The highest BCUT2D eigenvalue weighted by molar-refractivity contribution is 7.80. The number of fused-ring (bicyclic) bond motifs is 1. The Balaban J connectivity index is 1.33. The van der Waals surface area contributed by atoms with Crippen LogP contribution in [-0.4, -0.2) is 56.9 Å². The third-order valence-electron chi connectivity index (χ3n) is 8.25. The van der Waals surface area contributed by atoms with Crippen LogP contribution in [0.1, 0.15) is 83.9 Å². The van der Waals surface area contributed by atoms with Gasteiger partial charge in [-0.05, 0) is 103 Å². The van der Waals surface area contributed by atoms with E-state index in [1.54, 1.807) is 0 Å². The lowest BCUT2D eigenvalue weighted by Crippen LogP contribution is -2.42. The molecule has 1 saturated heterocycles. The highest BCUT2D eigenvalue weighted by Gasteiger charge is 2.37. The molecule has 7 nitrogen and oxygen atoms in total. The van der Waals surface area contributed by atoms with Gasteiger partial charge in [0, 0.05) is 42.3 Å². The Kier molecular flexibility index (Phi) is 10.0. The number of halogens is 1. The lowest BCUT2D eigenvalue weighted by atomic mass is 9.89. The summed E-state index contributed by atoms with van der Waals surface area (Å²) < 4.78 is 14.9. The van der Waals surface area contributed by atoms with E-state index in [2.05, 4.69) is 21.7 Å². The van der Waals surface area contributed by atoms with Crippen molar-refractivity contribution in [2.75, 3.05) is 12.4 Å². The van der Waals surface area contributed by atoms with Crippen molar-refractivity contribution in [3.63, 3.8) is 0 Å². The monoisotopic (exact) mass is 593 g/mol. The first-order valence-electron chi connectivity index (χ1n) is 15.0. The van der Waals surface area contributed by atoms with Crippen LogP contribution in [0, 0.1) is 6.92 Å². The van der Waals surface area contributed by atoms with Gasteiger partial charge in [-0.15, -0.1) is 0 Å². The van der Waals surface area contributed by atoms with Gasteiger partial charge in [0.15, 0.2) is 5.11 Å². The first-order chi connectivity index (χ1) is 19.9. The first-order valence-corrected chi connectivity index (χ1v) is 15.4. The summed E-state index contributed by atoms with van der Waals surface area (Å²) in [6, 6.07) is 7.75. The number of hydrogen-bond donors (Lipinski definition) is 2. The quantitative estimate of drug-likeness (QED) is 0.237. The highest BCUT2D eigenvalue weighted by Crippen LogP contribution is 2.33. The van der Waals surface area contributed by atoms with E-state index in [0.29, 0.717) is 17.2 Å². The molecule has 2 N–H and O–H groups in total. The Bertz CT molecular complexity index is 1390. The molecule has 2 aliphatic rings. The maximum atomic E-state index is 14.9. The van der Waals surface area contributed by atoms with Crippen molar-refractivity contribution >= 4 is 45.7 Å². The SMILES string of the molecule is C/C=C\C(=C/CC)N1C(=O)C(CCC(=O)N(C)C2CCC(Nc3cc(C(C)(C)F)nc4ccc(C)cc34)CC2)NC1=S. The summed E-state index contributed by atoms with van der Waals surface area (Å²) in [6.07, 6.45) is 10.7. The molecule has 226 valence electrons. The number of nitrogens with zero attached hydrogens (tertiary/aromatic N) is 3. The Hall–Kier alpha value is -3.33. The highest BCUT2D eigenvalue weighted by atomic mass is 32.1. The van der Waals surface area contributed by atoms with Gasteiger partial charge in [0.1, 0.15) is 11.7 Å². The summed E-state index contributed by atoms with van der Waals surface area (Å²) in [5.41, 5.74) is 2.45. The average molecular weight is 594 g/mol. The van der Waals surface area contributed by atoms with Crippen LogP contribution >= 0.6 is 12.2 Å². The molecule has 2 aromatic rings. The van der Waals surface area contributed by atoms with E-state index in [9.17, 15) is 14.0 Å². The van der Waals surface area contributed by atoms with Crippen LogP contribution < -0.4 is 10.6 Å². The second kappa shape index (κ2) is 13.3. The van der Waals surface area contributed by atoms with E-state index >= 15 is 0 Å². The first kappa shape index (κ1) is 31.6. The van der Waals surface area contributed by atoms with E-state index in [0.717, 1.165) is 60.0 Å². The average Bonchev–Trinajstić information content (AvgIpc) is 3.23. The zero-order chi connectivity index (χ0) is 30.6.